The zero-order chi connectivity index (χ0) is 30.4. The van der Waals surface area contributed by atoms with Gasteiger partial charge in [-0.05, 0) is 53.9 Å². The van der Waals surface area contributed by atoms with Gasteiger partial charge >= 0.3 is 5.97 Å². The maximum atomic E-state index is 13.7. The van der Waals surface area contributed by atoms with Gasteiger partial charge in [0.25, 0.3) is 0 Å². The third kappa shape index (κ3) is 6.91. The predicted octanol–water partition coefficient (Wildman–Crippen LogP) is 5.68. The molecule has 0 aliphatic carbocycles. The second-order valence-electron chi connectivity index (χ2n) is 11.1. The number of para-hydroxylation sites is 1. The van der Waals surface area contributed by atoms with E-state index < -0.39 is 28.0 Å². The molecule has 10 heteroatoms. The summed E-state index contributed by atoms with van der Waals surface area (Å²) in [4.78, 5) is 15.1. The van der Waals surface area contributed by atoms with Crippen LogP contribution in [0.25, 0.3) is 0 Å². The molecule has 3 aromatic rings. The molecule has 5 rings (SSSR count). The summed E-state index contributed by atoms with van der Waals surface area (Å²) in [6, 6.07) is 21.7. The van der Waals surface area contributed by atoms with E-state index in [-0.39, 0.29) is 25.0 Å². The van der Waals surface area contributed by atoms with E-state index in [1.807, 2.05) is 72.8 Å². The molecule has 0 saturated carbocycles. The molecule has 0 amide bonds. The van der Waals surface area contributed by atoms with E-state index in [0.29, 0.717) is 42.4 Å². The van der Waals surface area contributed by atoms with E-state index >= 15 is 0 Å². The number of fused-ring (bicyclic) bond motifs is 1. The fraction of sp³-hybridized carbons (Fsp3) is 0.424. The Morgan fingerprint density at radius 1 is 0.977 bits per heavy atom. The van der Waals surface area contributed by atoms with Crippen molar-refractivity contribution in [3.05, 3.63) is 83.9 Å². The maximum Gasteiger partial charge on any atom is 0.309 e. The molecule has 1 fully saturated rings. The molecule has 3 aromatic carbocycles. The van der Waals surface area contributed by atoms with Crippen molar-refractivity contribution in [3.63, 3.8) is 0 Å². The minimum Gasteiger partial charge on any atom is -0.497 e. The lowest BCUT2D eigenvalue weighted by Crippen LogP contribution is -2.40. The lowest BCUT2D eigenvalue weighted by atomic mass is 9.82. The normalized spacial score (nSPS) is 19.8. The number of carboxylic acids is 1. The maximum absolute atomic E-state index is 13.7. The van der Waals surface area contributed by atoms with E-state index in [1.54, 1.807) is 7.11 Å². The van der Waals surface area contributed by atoms with Crippen molar-refractivity contribution in [3.8, 4) is 17.2 Å². The van der Waals surface area contributed by atoms with Crippen LogP contribution in [0.2, 0.25) is 0 Å². The number of hydrogen-bond donors (Lipinski definition) is 1. The summed E-state index contributed by atoms with van der Waals surface area (Å²) in [6.07, 6.45) is 3.49. The Bertz CT molecular complexity index is 1480. The number of unbranched alkanes of at least 4 members (excludes halogenated alkanes) is 3. The summed E-state index contributed by atoms with van der Waals surface area (Å²) in [5.41, 5.74) is 2.30. The summed E-state index contributed by atoms with van der Waals surface area (Å²) in [5.74, 6) is -0.0438. The average Bonchev–Trinajstić information content (AvgIpc) is 3.64. The molecule has 0 aromatic heterocycles. The number of carboxylic acid groups (broad SMARTS) is 1. The number of methoxy groups -OCH3 is 1. The molecule has 9 nitrogen and oxygen atoms in total. The second kappa shape index (κ2) is 13.7. The van der Waals surface area contributed by atoms with Crippen LogP contribution in [-0.2, 0) is 14.8 Å². The zero-order valence-corrected chi connectivity index (χ0v) is 25.5. The van der Waals surface area contributed by atoms with Crippen LogP contribution in [0.1, 0.15) is 55.7 Å². The highest BCUT2D eigenvalue weighted by Gasteiger charge is 2.47. The Kier molecular flexibility index (Phi) is 9.77. The standard InChI is InChI=1S/C33H40N2O7S/c1-3-4-5-9-20-43(38,39)35(26-10-7-6-8-11-26)19-18-34-22-28(25-14-17-29-30(21-25)42-23-41-29)31(33(36)37)32(34)24-12-15-27(40-2)16-13-24/h6-8,10-17,21,28,31-32H,3-5,9,18-20,22-23H2,1-2H3,(H,36,37)/t28-,31+,32-/m1/s1. The Morgan fingerprint density at radius 3 is 2.40 bits per heavy atom. The number of ether oxygens (including phenoxy) is 3. The van der Waals surface area contributed by atoms with Crippen molar-refractivity contribution >= 4 is 21.7 Å². The van der Waals surface area contributed by atoms with Crippen LogP contribution in [0.3, 0.4) is 0 Å². The Morgan fingerprint density at radius 2 is 1.70 bits per heavy atom. The van der Waals surface area contributed by atoms with Crippen molar-refractivity contribution in [1.29, 1.82) is 0 Å². The summed E-state index contributed by atoms with van der Waals surface area (Å²) >= 11 is 0. The van der Waals surface area contributed by atoms with Gasteiger partial charge in [0.05, 0.1) is 24.5 Å². The van der Waals surface area contributed by atoms with Crippen LogP contribution >= 0.6 is 0 Å². The summed E-state index contributed by atoms with van der Waals surface area (Å²) in [6.45, 7) is 3.22. The number of carbonyl (C=O) groups is 1. The summed E-state index contributed by atoms with van der Waals surface area (Å²) in [5, 5.41) is 10.6. The van der Waals surface area contributed by atoms with Gasteiger partial charge in [-0.25, -0.2) is 8.42 Å². The first-order valence-corrected chi connectivity index (χ1v) is 16.5. The number of likely N-dealkylation sites (tertiary alicyclic amines) is 1. The molecule has 1 N–H and O–H groups in total. The van der Waals surface area contributed by atoms with E-state index in [1.165, 1.54) is 4.31 Å². The minimum atomic E-state index is -3.60. The highest BCUT2D eigenvalue weighted by molar-refractivity contribution is 7.92. The lowest BCUT2D eigenvalue weighted by Gasteiger charge is -2.31. The van der Waals surface area contributed by atoms with Gasteiger partial charge in [0.15, 0.2) is 11.5 Å². The van der Waals surface area contributed by atoms with Crippen LogP contribution in [0.15, 0.2) is 72.8 Å². The molecule has 3 atom stereocenters. The van der Waals surface area contributed by atoms with Gasteiger partial charge in [-0.2, -0.15) is 0 Å². The fourth-order valence-electron chi connectivity index (χ4n) is 6.20. The zero-order valence-electron chi connectivity index (χ0n) is 24.7. The van der Waals surface area contributed by atoms with Gasteiger partial charge in [0.2, 0.25) is 16.8 Å². The molecule has 43 heavy (non-hydrogen) atoms. The Balaban J connectivity index is 1.47. The largest absolute Gasteiger partial charge is 0.497 e. The molecule has 0 bridgehead atoms. The molecule has 0 spiro atoms. The highest BCUT2D eigenvalue weighted by atomic mass is 32.2. The van der Waals surface area contributed by atoms with Crippen molar-refractivity contribution < 1.29 is 32.5 Å². The van der Waals surface area contributed by atoms with Crippen molar-refractivity contribution in [2.75, 3.05) is 43.6 Å². The van der Waals surface area contributed by atoms with E-state index in [0.717, 1.165) is 30.4 Å². The number of hydrogen-bond acceptors (Lipinski definition) is 7. The van der Waals surface area contributed by atoms with Crippen LogP contribution in [0.5, 0.6) is 17.2 Å². The smallest absolute Gasteiger partial charge is 0.309 e. The first kappa shape index (κ1) is 30.7. The number of sulfonamides is 1. The SMILES string of the molecule is CCCCCCS(=O)(=O)N(CCN1C[C@H](c2ccc3c(c2)OCO3)[C@H](C(=O)O)[C@H]1c1ccc(OC)cc1)c1ccccc1. The highest BCUT2D eigenvalue weighted by Crippen LogP contribution is 2.47. The third-order valence-corrected chi connectivity index (χ3v) is 10.3. The molecule has 0 unspecified atom stereocenters. The molecule has 0 radical (unpaired) electrons. The topological polar surface area (TPSA) is 106 Å². The quantitative estimate of drug-likeness (QED) is 0.233. The Labute approximate surface area is 254 Å². The second-order valence-corrected chi connectivity index (χ2v) is 13.1. The van der Waals surface area contributed by atoms with Gasteiger partial charge < -0.3 is 19.3 Å². The number of benzene rings is 3. The van der Waals surface area contributed by atoms with E-state index in [9.17, 15) is 18.3 Å². The molecule has 2 aliphatic rings. The van der Waals surface area contributed by atoms with Gasteiger partial charge in [-0.15, -0.1) is 0 Å². The van der Waals surface area contributed by atoms with E-state index in [2.05, 4.69) is 11.8 Å². The van der Waals surface area contributed by atoms with Crippen molar-refractivity contribution in [2.45, 2.75) is 44.6 Å². The van der Waals surface area contributed by atoms with Crippen molar-refractivity contribution in [1.82, 2.24) is 4.90 Å². The monoisotopic (exact) mass is 608 g/mol. The van der Waals surface area contributed by atoms with Crippen LogP contribution in [0.4, 0.5) is 5.69 Å². The number of nitrogens with zero attached hydrogens (tertiary/aromatic N) is 2. The van der Waals surface area contributed by atoms with Gasteiger partial charge in [0, 0.05) is 31.6 Å². The first-order valence-electron chi connectivity index (χ1n) is 14.9. The Hall–Kier alpha value is -3.76. The molecular weight excluding hydrogens is 568 g/mol. The van der Waals surface area contributed by atoms with Crippen LogP contribution in [-0.4, -0.2) is 63.7 Å². The first-order chi connectivity index (χ1) is 20.8. The number of rotatable bonds is 14. The van der Waals surface area contributed by atoms with Gasteiger partial charge in [-0.3, -0.25) is 14.0 Å². The summed E-state index contributed by atoms with van der Waals surface area (Å²) in [7, 11) is -2.01. The molecule has 230 valence electrons. The fourth-order valence-corrected chi connectivity index (χ4v) is 7.80. The molecular formula is C33H40N2O7S. The number of aliphatic carboxylic acids is 1. The number of anilines is 1. The van der Waals surface area contributed by atoms with Gasteiger partial charge in [0.1, 0.15) is 5.75 Å². The van der Waals surface area contributed by atoms with Crippen LogP contribution in [0, 0.1) is 5.92 Å². The molecule has 2 heterocycles. The minimum absolute atomic E-state index is 0.0708. The third-order valence-electron chi connectivity index (χ3n) is 8.39. The van der Waals surface area contributed by atoms with Crippen LogP contribution < -0.4 is 18.5 Å². The predicted molar refractivity (Wildman–Crippen MR) is 165 cm³/mol. The van der Waals surface area contributed by atoms with E-state index in [4.69, 9.17) is 14.2 Å². The lowest BCUT2D eigenvalue weighted by molar-refractivity contribution is -0.143. The van der Waals surface area contributed by atoms with Gasteiger partial charge in [-0.1, -0.05) is 62.6 Å². The summed E-state index contributed by atoms with van der Waals surface area (Å²) < 4.78 is 45.2. The molecule has 2 aliphatic heterocycles. The average molecular weight is 609 g/mol. The molecule has 1 saturated heterocycles. The van der Waals surface area contributed by atoms with Crippen molar-refractivity contribution in [2.24, 2.45) is 5.92 Å².